The van der Waals surface area contributed by atoms with Crippen molar-refractivity contribution in [3.63, 3.8) is 0 Å². The van der Waals surface area contributed by atoms with Crippen molar-refractivity contribution < 1.29 is 4.74 Å². The molecule has 4 heteroatoms. The van der Waals surface area contributed by atoms with Gasteiger partial charge >= 0.3 is 0 Å². The number of fused-ring (bicyclic) bond motifs is 1. The van der Waals surface area contributed by atoms with Crippen molar-refractivity contribution >= 4 is 22.2 Å². The van der Waals surface area contributed by atoms with Crippen LogP contribution in [-0.2, 0) is 0 Å². The van der Waals surface area contributed by atoms with E-state index in [9.17, 15) is 0 Å². The average molecular weight is 284 g/mol. The summed E-state index contributed by atoms with van der Waals surface area (Å²) >= 11 is 1.64. The van der Waals surface area contributed by atoms with E-state index in [1.165, 1.54) is 0 Å². The molecule has 0 amide bonds. The monoisotopic (exact) mass is 284 g/mol. The quantitative estimate of drug-likeness (QED) is 0.686. The van der Waals surface area contributed by atoms with Gasteiger partial charge < -0.3 is 4.74 Å². The summed E-state index contributed by atoms with van der Waals surface area (Å²) in [6.45, 7) is 2.16. The van der Waals surface area contributed by atoms with Gasteiger partial charge in [0.15, 0.2) is 0 Å². The maximum atomic E-state index is 6.22. The molecule has 0 N–H and O–H groups in total. The summed E-state index contributed by atoms with van der Waals surface area (Å²) in [5, 5.41) is 4.08. The fourth-order valence-electron chi connectivity index (χ4n) is 2.22. The lowest BCUT2D eigenvalue weighted by Gasteiger charge is -2.17. The highest BCUT2D eigenvalue weighted by molar-refractivity contribution is 7.09. The second-order valence-electron chi connectivity index (χ2n) is 4.59. The van der Waals surface area contributed by atoms with Gasteiger partial charge in [0.2, 0.25) is 0 Å². The Hall–Kier alpha value is -1.94. The molecule has 102 valence electrons. The SMILES string of the molecule is CCCC(Oc1cccc2ncccc12)c1nccs1. The van der Waals surface area contributed by atoms with Crippen LogP contribution in [0.3, 0.4) is 0 Å². The van der Waals surface area contributed by atoms with Crippen molar-refractivity contribution in [2.75, 3.05) is 0 Å². The molecule has 0 radical (unpaired) electrons. The van der Waals surface area contributed by atoms with Crippen LogP contribution in [-0.4, -0.2) is 9.97 Å². The van der Waals surface area contributed by atoms with Crippen LogP contribution in [0, 0.1) is 0 Å². The Morgan fingerprint density at radius 3 is 2.90 bits per heavy atom. The molecular weight excluding hydrogens is 268 g/mol. The number of nitrogens with zero attached hydrogens (tertiary/aromatic N) is 2. The highest BCUT2D eigenvalue weighted by atomic mass is 32.1. The molecule has 1 atom stereocenters. The molecule has 0 fully saturated rings. The van der Waals surface area contributed by atoms with Crippen molar-refractivity contribution in [1.29, 1.82) is 0 Å². The number of benzene rings is 1. The Kier molecular flexibility index (Phi) is 3.92. The van der Waals surface area contributed by atoms with Gasteiger partial charge in [-0.1, -0.05) is 19.4 Å². The van der Waals surface area contributed by atoms with Gasteiger partial charge in [0.1, 0.15) is 16.9 Å². The normalized spacial score (nSPS) is 12.4. The number of rotatable bonds is 5. The Balaban J connectivity index is 1.94. The predicted octanol–water partition coefficient (Wildman–Crippen LogP) is 4.61. The van der Waals surface area contributed by atoms with Crippen molar-refractivity contribution in [2.45, 2.75) is 25.9 Å². The summed E-state index contributed by atoms with van der Waals surface area (Å²) in [5.41, 5.74) is 0.958. The number of aromatic nitrogens is 2. The predicted molar refractivity (Wildman–Crippen MR) is 82.1 cm³/mol. The maximum absolute atomic E-state index is 6.22. The summed E-state index contributed by atoms with van der Waals surface area (Å²) in [5.74, 6) is 0.879. The smallest absolute Gasteiger partial charge is 0.150 e. The lowest BCUT2D eigenvalue weighted by atomic mass is 10.2. The van der Waals surface area contributed by atoms with E-state index in [0.29, 0.717) is 0 Å². The van der Waals surface area contributed by atoms with E-state index >= 15 is 0 Å². The van der Waals surface area contributed by atoms with Gasteiger partial charge in [0.25, 0.3) is 0 Å². The first-order valence-electron chi connectivity index (χ1n) is 6.78. The number of pyridine rings is 1. The molecule has 0 spiro atoms. The lowest BCUT2D eigenvalue weighted by molar-refractivity contribution is 0.196. The highest BCUT2D eigenvalue weighted by Gasteiger charge is 2.16. The molecule has 20 heavy (non-hydrogen) atoms. The van der Waals surface area contributed by atoms with Crippen LogP contribution in [0.1, 0.15) is 30.9 Å². The van der Waals surface area contributed by atoms with Crippen LogP contribution in [0.25, 0.3) is 10.9 Å². The van der Waals surface area contributed by atoms with Crippen molar-refractivity contribution in [3.8, 4) is 5.75 Å². The van der Waals surface area contributed by atoms with E-state index in [0.717, 1.165) is 34.5 Å². The van der Waals surface area contributed by atoms with Gasteiger partial charge in [0.05, 0.1) is 5.52 Å². The molecule has 3 nitrogen and oxygen atoms in total. The first-order chi connectivity index (χ1) is 9.88. The molecule has 1 aromatic carbocycles. The third-order valence-corrected chi connectivity index (χ3v) is 4.02. The average Bonchev–Trinajstić information content (AvgIpc) is 3.01. The highest BCUT2D eigenvalue weighted by Crippen LogP contribution is 2.31. The van der Waals surface area contributed by atoms with Gasteiger partial charge in [0, 0.05) is 23.2 Å². The van der Waals surface area contributed by atoms with E-state index < -0.39 is 0 Å². The van der Waals surface area contributed by atoms with Gasteiger partial charge in [-0.15, -0.1) is 11.3 Å². The molecule has 2 aromatic heterocycles. The zero-order valence-electron chi connectivity index (χ0n) is 11.3. The van der Waals surface area contributed by atoms with E-state index in [1.54, 1.807) is 17.5 Å². The van der Waals surface area contributed by atoms with Gasteiger partial charge in [-0.05, 0) is 30.7 Å². The molecular formula is C16H16N2OS. The molecule has 0 aliphatic rings. The zero-order valence-corrected chi connectivity index (χ0v) is 12.1. The molecule has 2 heterocycles. The van der Waals surface area contributed by atoms with E-state index in [1.807, 2.05) is 41.9 Å². The molecule has 1 unspecified atom stereocenters. The third-order valence-electron chi connectivity index (χ3n) is 3.15. The van der Waals surface area contributed by atoms with Crippen LogP contribution in [0.2, 0.25) is 0 Å². The van der Waals surface area contributed by atoms with Crippen LogP contribution in [0.5, 0.6) is 5.75 Å². The lowest BCUT2D eigenvalue weighted by Crippen LogP contribution is -2.07. The van der Waals surface area contributed by atoms with Crippen molar-refractivity contribution in [2.24, 2.45) is 0 Å². The Morgan fingerprint density at radius 1 is 1.15 bits per heavy atom. The first-order valence-corrected chi connectivity index (χ1v) is 7.66. The second kappa shape index (κ2) is 6.01. The molecule has 0 aliphatic carbocycles. The topological polar surface area (TPSA) is 35.0 Å². The fraction of sp³-hybridized carbons (Fsp3) is 0.250. The minimum atomic E-state index is 0.0193. The van der Waals surface area contributed by atoms with Gasteiger partial charge in [-0.3, -0.25) is 4.98 Å². The van der Waals surface area contributed by atoms with E-state index in [-0.39, 0.29) is 6.10 Å². The first kappa shape index (κ1) is 13.1. The molecule has 0 bridgehead atoms. The molecule has 0 saturated heterocycles. The van der Waals surface area contributed by atoms with Crippen molar-refractivity contribution in [3.05, 3.63) is 53.1 Å². The Morgan fingerprint density at radius 2 is 2.10 bits per heavy atom. The second-order valence-corrected chi connectivity index (χ2v) is 5.52. The molecule has 0 saturated carbocycles. The molecule has 3 rings (SSSR count). The fourth-order valence-corrected chi connectivity index (χ4v) is 2.92. The van der Waals surface area contributed by atoms with Crippen LogP contribution in [0.4, 0.5) is 0 Å². The summed E-state index contributed by atoms with van der Waals surface area (Å²) in [7, 11) is 0. The summed E-state index contributed by atoms with van der Waals surface area (Å²) in [6.07, 6.45) is 5.68. The number of hydrogen-bond acceptors (Lipinski definition) is 4. The Bertz CT molecular complexity index is 677. The summed E-state index contributed by atoms with van der Waals surface area (Å²) in [4.78, 5) is 8.75. The van der Waals surface area contributed by atoms with Crippen LogP contribution >= 0.6 is 11.3 Å². The standard InChI is InChI=1S/C16H16N2OS/c1-2-5-15(16-18-10-11-20-16)19-14-8-3-7-13-12(14)6-4-9-17-13/h3-4,6-11,15H,2,5H2,1H3. The third kappa shape index (κ3) is 2.65. The minimum Gasteiger partial charge on any atom is -0.483 e. The largest absolute Gasteiger partial charge is 0.483 e. The Labute approximate surface area is 122 Å². The number of thiazole rings is 1. The van der Waals surface area contributed by atoms with Crippen molar-refractivity contribution in [1.82, 2.24) is 9.97 Å². The zero-order chi connectivity index (χ0) is 13.8. The number of ether oxygens (including phenoxy) is 1. The van der Waals surface area contributed by atoms with E-state index in [2.05, 4.69) is 16.9 Å². The maximum Gasteiger partial charge on any atom is 0.150 e. The summed E-state index contributed by atoms with van der Waals surface area (Å²) in [6, 6.07) is 9.96. The van der Waals surface area contributed by atoms with Gasteiger partial charge in [-0.25, -0.2) is 4.98 Å². The molecule has 0 aliphatic heterocycles. The minimum absolute atomic E-state index is 0.0193. The van der Waals surface area contributed by atoms with Crippen LogP contribution in [0.15, 0.2) is 48.1 Å². The van der Waals surface area contributed by atoms with Gasteiger partial charge in [-0.2, -0.15) is 0 Å². The molecule has 3 aromatic rings. The van der Waals surface area contributed by atoms with E-state index in [4.69, 9.17) is 4.74 Å². The number of hydrogen-bond donors (Lipinski definition) is 0. The summed E-state index contributed by atoms with van der Waals surface area (Å²) < 4.78 is 6.22. The van der Waals surface area contributed by atoms with Crippen LogP contribution < -0.4 is 4.74 Å².